The van der Waals surface area contributed by atoms with Crippen molar-refractivity contribution < 1.29 is 5.11 Å². The van der Waals surface area contributed by atoms with E-state index in [0.29, 0.717) is 6.61 Å². The third kappa shape index (κ3) is 13.4. The summed E-state index contributed by atoms with van der Waals surface area (Å²) >= 11 is 0. The van der Waals surface area contributed by atoms with Gasteiger partial charge in [-0.2, -0.15) is 0 Å². The summed E-state index contributed by atoms with van der Waals surface area (Å²) in [5, 5.41) is 8.99. The van der Waals surface area contributed by atoms with Gasteiger partial charge in [0.2, 0.25) is 0 Å². The smallest absolute Gasteiger partial charge is 0.0431 e. The number of hydrogen-bond acceptors (Lipinski definition) is 1. The van der Waals surface area contributed by atoms with Crippen molar-refractivity contribution in [2.75, 3.05) is 6.61 Å². The number of unbranched alkanes of at least 4 members (excludes halogenated alkanes) is 8. The van der Waals surface area contributed by atoms with E-state index in [9.17, 15) is 0 Å². The van der Waals surface area contributed by atoms with E-state index in [2.05, 4.69) is 20.8 Å². The zero-order chi connectivity index (χ0) is 15.8. The maximum absolute atomic E-state index is 8.99. The Labute approximate surface area is 134 Å². The molecule has 0 aliphatic rings. The van der Waals surface area contributed by atoms with Gasteiger partial charge < -0.3 is 5.11 Å². The molecule has 0 amide bonds. The van der Waals surface area contributed by atoms with Crippen LogP contribution < -0.4 is 0 Å². The van der Waals surface area contributed by atoms with Gasteiger partial charge in [0, 0.05) is 6.61 Å². The molecular formula is C20H42O. The quantitative estimate of drug-likeness (QED) is 0.313. The lowest BCUT2D eigenvalue weighted by atomic mass is 9.82. The van der Waals surface area contributed by atoms with Gasteiger partial charge in [-0.05, 0) is 18.3 Å². The predicted molar refractivity (Wildman–Crippen MR) is 95.7 cm³/mol. The fourth-order valence-corrected chi connectivity index (χ4v) is 3.37. The highest BCUT2D eigenvalue weighted by molar-refractivity contribution is 4.68. The number of hydrogen-bond donors (Lipinski definition) is 1. The fourth-order valence-electron chi connectivity index (χ4n) is 3.37. The van der Waals surface area contributed by atoms with Crippen LogP contribution >= 0.6 is 0 Å². The Morgan fingerprint density at radius 3 is 1.67 bits per heavy atom. The van der Waals surface area contributed by atoms with Crippen LogP contribution in [0, 0.1) is 11.8 Å². The summed E-state index contributed by atoms with van der Waals surface area (Å²) in [5.41, 5.74) is 0. The van der Waals surface area contributed by atoms with Crippen molar-refractivity contribution in [3.05, 3.63) is 0 Å². The highest BCUT2D eigenvalue weighted by atomic mass is 16.2. The first-order valence-electron chi connectivity index (χ1n) is 9.87. The minimum atomic E-state index is 0.369. The van der Waals surface area contributed by atoms with E-state index < -0.39 is 0 Å². The molecule has 0 saturated carbocycles. The molecule has 21 heavy (non-hydrogen) atoms. The van der Waals surface area contributed by atoms with Gasteiger partial charge in [0.25, 0.3) is 0 Å². The minimum Gasteiger partial charge on any atom is -0.396 e. The predicted octanol–water partition coefficient (Wildman–Crippen LogP) is 6.73. The van der Waals surface area contributed by atoms with Gasteiger partial charge in [0.05, 0.1) is 0 Å². The largest absolute Gasteiger partial charge is 0.396 e. The van der Waals surface area contributed by atoms with Gasteiger partial charge >= 0.3 is 0 Å². The molecule has 0 bridgehead atoms. The highest BCUT2D eigenvalue weighted by Gasteiger charge is 2.16. The molecule has 0 rings (SSSR count). The molecule has 0 spiro atoms. The first kappa shape index (κ1) is 21.0. The SMILES string of the molecule is CCCCCCCC(CCCCO)C(C)CCCCCC. The molecule has 0 aromatic carbocycles. The Morgan fingerprint density at radius 2 is 1.10 bits per heavy atom. The Bertz CT molecular complexity index is 190. The standard InChI is InChI=1S/C20H42O/c1-4-6-8-10-12-16-20(17-13-14-18-21)19(3)15-11-9-7-5-2/h19-21H,4-18H2,1-3H3. The van der Waals surface area contributed by atoms with Crippen molar-refractivity contribution in [1.82, 2.24) is 0 Å². The molecular weight excluding hydrogens is 256 g/mol. The van der Waals surface area contributed by atoms with Crippen LogP contribution in [0.25, 0.3) is 0 Å². The molecule has 0 aliphatic carbocycles. The molecule has 0 heterocycles. The van der Waals surface area contributed by atoms with Crippen LogP contribution in [0.3, 0.4) is 0 Å². The molecule has 0 aliphatic heterocycles. The monoisotopic (exact) mass is 298 g/mol. The Balaban J connectivity index is 3.92. The zero-order valence-electron chi connectivity index (χ0n) is 15.2. The first-order valence-corrected chi connectivity index (χ1v) is 9.87. The van der Waals surface area contributed by atoms with Crippen molar-refractivity contribution in [1.29, 1.82) is 0 Å². The van der Waals surface area contributed by atoms with Gasteiger partial charge in [-0.25, -0.2) is 0 Å². The molecule has 1 nitrogen and oxygen atoms in total. The molecule has 0 radical (unpaired) electrons. The summed E-state index contributed by atoms with van der Waals surface area (Å²) in [5.74, 6) is 1.78. The van der Waals surface area contributed by atoms with E-state index in [1.54, 1.807) is 0 Å². The second-order valence-corrected chi connectivity index (χ2v) is 7.01. The van der Waals surface area contributed by atoms with E-state index in [1.807, 2.05) is 0 Å². The molecule has 0 aromatic heterocycles. The second kappa shape index (κ2) is 16.3. The summed E-state index contributed by atoms with van der Waals surface area (Å²) in [6.45, 7) is 7.42. The number of rotatable bonds is 16. The summed E-state index contributed by atoms with van der Waals surface area (Å²) in [6, 6.07) is 0. The molecule has 0 saturated heterocycles. The van der Waals surface area contributed by atoms with E-state index in [4.69, 9.17) is 5.11 Å². The molecule has 1 N–H and O–H groups in total. The fraction of sp³-hybridized carbons (Fsp3) is 1.00. The van der Waals surface area contributed by atoms with E-state index in [0.717, 1.165) is 18.3 Å². The van der Waals surface area contributed by atoms with Crippen molar-refractivity contribution in [3.63, 3.8) is 0 Å². The zero-order valence-corrected chi connectivity index (χ0v) is 15.2. The van der Waals surface area contributed by atoms with Crippen LogP contribution in [0.2, 0.25) is 0 Å². The third-order valence-electron chi connectivity index (χ3n) is 4.98. The van der Waals surface area contributed by atoms with Crippen molar-refractivity contribution in [2.24, 2.45) is 11.8 Å². The average molecular weight is 299 g/mol. The van der Waals surface area contributed by atoms with Crippen LogP contribution in [-0.4, -0.2) is 11.7 Å². The van der Waals surface area contributed by atoms with Crippen LogP contribution in [0.4, 0.5) is 0 Å². The maximum Gasteiger partial charge on any atom is 0.0431 e. The van der Waals surface area contributed by atoms with Crippen LogP contribution in [0.1, 0.15) is 111 Å². The van der Waals surface area contributed by atoms with Gasteiger partial charge in [-0.15, -0.1) is 0 Å². The summed E-state index contributed by atoms with van der Waals surface area (Å²) in [6.07, 6.45) is 19.0. The summed E-state index contributed by atoms with van der Waals surface area (Å²) in [4.78, 5) is 0. The Hall–Kier alpha value is -0.0400. The molecule has 0 aromatic rings. The molecule has 128 valence electrons. The average Bonchev–Trinajstić information content (AvgIpc) is 2.49. The van der Waals surface area contributed by atoms with E-state index >= 15 is 0 Å². The van der Waals surface area contributed by atoms with E-state index in [1.165, 1.54) is 83.5 Å². The number of aliphatic hydroxyl groups is 1. The topological polar surface area (TPSA) is 20.2 Å². The van der Waals surface area contributed by atoms with E-state index in [-0.39, 0.29) is 0 Å². The molecule has 2 atom stereocenters. The molecule has 2 unspecified atom stereocenters. The lowest BCUT2D eigenvalue weighted by molar-refractivity contribution is 0.248. The Kier molecular flexibility index (Phi) is 16.3. The van der Waals surface area contributed by atoms with Gasteiger partial charge in [-0.1, -0.05) is 104 Å². The highest BCUT2D eigenvalue weighted by Crippen LogP contribution is 2.28. The molecule has 1 heteroatoms. The Morgan fingerprint density at radius 1 is 0.619 bits per heavy atom. The number of aliphatic hydroxyl groups excluding tert-OH is 1. The maximum atomic E-state index is 8.99. The van der Waals surface area contributed by atoms with Crippen molar-refractivity contribution >= 4 is 0 Å². The van der Waals surface area contributed by atoms with Crippen LogP contribution in [0.15, 0.2) is 0 Å². The summed E-state index contributed by atoms with van der Waals surface area (Å²) in [7, 11) is 0. The summed E-state index contributed by atoms with van der Waals surface area (Å²) < 4.78 is 0. The lowest BCUT2D eigenvalue weighted by Gasteiger charge is -2.24. The third-order valence-corrected chi connectivity index (χ3v) is 4.98. The van der Waals surface area contributed by atoms with Gasteiger partial charge in [0.1, 0.15) is 0 Å². The van der Waals surface area contributed by atoms with Gasteiger partial charge in [-0.3, -0.25) is 0 Å². The molecule has 0 fully saturated rings. The lowest BCUT2D eigenvalue weighted by Crippen LogP contribution is -2.12. The second-order valence-electron chi connectivity index (χ2n) is 7.01. The van der Waals surface area contributed by atoms with Crippen molar-refractivity contribution in [3.8, 4) is 0 Å². The van der Waals surface area contributed by atoms with Crippen LogP contribution in [0.5, 0.6) is 0 Å². The van der Waals surface area contributed by atoms with Gasteiger partial charge in [0.15, 0.2) is 0 Å². The minimum absolute atomic E-state index is 0.369. The van der Waals surface area contributed by atoms with Crippen molar-refractivity contribution in [2.45, 2.75) is 111 Å². The first-order chi connectivity index (χ1) is 10.3. The van der Waals surface area contributed by atoms with Crippen LogP contribution in [-0.2, 0) is 0 Å². The normalized spacial score (nSPS) is 14.3.